The zero-order chi connectivity index (χ0) is 27.0. The van der Waals surface area contributed by atoms with E-state index in [1.54, 1.807) is 24.3 Å². The fourth-order valence-corrected chi connectivity index (χ4v) is 4.55. The van der Waals surface area contributed by atoms with Crippen molar-refractivity contribution in [3.05, 3.63) is 105 Å². The monoisotopic (exact) mass is 625 g/mol. The third-order valence-electron chi connectivity index (χ3n) is 5.93. The summed E-state index contributed by atoms with van der Waals surface area (Å²) in [6, 6.07) is 11.5. The van der Waals surface area contributed by atoms with E-state index in [1.807, 2.05) is 24.3 Å². The van der Waals surface area contributed by atoms with Gasteiger partial charge < -0.3 is 9.84 Å². The van der Waals surface area contributed by atoms with Crippen LogP contribution in [-0.4, -0.2) is 35.7 Å². The highest BCUT2D eigenvalue weighted by Gasteiger charge is 2.34. The Morgan fingerprint density at radius 1 is 1.15 bits per heavy atom. The maximum Gasteiger partial charge on any atom is 0.417 e. The number of nitrogens with zero attached hydrogens (tertiary/aromatic N) is 1. The van der Waals surface area contributed by atoms with Gasteiger partial charge in [0.05, 0.1) is 17.2 Å². The maximum absolute atomic E-state index is 13.4. The highest BCUT2D eigenvalue weighted by molar-refractivity contribution is 6.32. The van der Waals surface area contributed by atoms with Gasteiger partial charge in [-0.2, -0.15) is 13.2 Å². The summed E-state index contributed by atoms with van der Waals surface area (Å²) in [4.78, 5) is 13.0. The number of benzene rings is 2. The summed E-state index contributed by atoms with van der Waals surface area (Å²) in [5.41, 5.74) is 1.27. The molecule has 1 unspecified atom stereocenters. The lowest BCUT2D eigenvalue weighted by atomic mass is 10.00. The lowest BCUT2D eigenvalue weighted by molar-refractivity contribution is -0.137. The van der Waals surface area contributed by atoms with Crippen LogP contribution in [-0.2, 0) is 22.3 Å². The van der Waals surface area contributed by atoms with Gasteiger partial charge in [0, 0.05) is 37.2 Å². The minimum Gasteiger partial charge on any atom is -0.498 e. The topological polar surface area (TPSA) is 49.8 Å². The molecular weight excluding hydrogens is 597 g/mol. The van der Waals surface area contributed by atoms with Gasteiger partial charge in [0.15, 0.2) is 0 Å². The number of hydrogen-bond donors (Lipinski definition) is 1. The van der Waals surface area contributed by atoms with E-state index in [4.69, 9.17) is 33.0 Å². The number of rotatable bonds is 11. The molecule has 0 bridgehead atoms. The number of carbonyl (C=O) groups is 1. The van der Waals surface area contributed by atoms with Crippen molar-refractivity contribution in [2.45, 2.75) is 38.4 Å². The number of aliphatic carboxylic acids is 1. The van der Waals surface area contributed by atoms with Crippen molar-refractivity contribution in [3.8, 4) is 0 Å². The number of allylic oxidation sites excluding steroid dienone is 4. The average Bonchev–Trinajstić information content (AvgIpc) is 2.82. The van der Waals surface area contributed by atoms with Crippen molar-refractivity contribution in [1.29, 1.82) is 0 Å². The highest BCUT2D eigenvalue weighted by Crippen LogP contribution is 2.36. The standard InChI is InChI=1S/C28H28Cl2F3NO3.2ClH/c1-19(21-9-11-23(29)12-10-21)17-34(18-22-6-3-8-25(27(22)30)28(31,32)33)13-4-14-37-24-7-2-5-20(15-24)16-26(35)36;;/h2-3,5-12,16,19H,4,13-15,17-18H2,1H3,(H,35,36);2*1H. The number of alkyl halides is 3. The Balaban J connectivity index is 0.00000380. The number of carboxylic acid groups (broad SMARTS) is 1. The van der Waals surface area contributed by atoms with Gasteiger partial charge in [-0.1, -0.05) is 66.5 Å². The van der Waals surface area contributed by atoms with E-state index in [9.17, 15) is 18.0 Å². The average molecular weight is 627 g/mol. The molecule has 0 amide bonds. The van der Waals surface area contributed by atoms with E-state index >= 15 is 0 Å². The van der Waals surface area contributed by atoms with Crippen LogP contribution in [0, 0.1) is 0 Å². The van der Waals surface area contributed by atoms with Gasteiger partial charge in [0.25, 0.3) is 0 Å². The largest absolute Gasteiger partial charge is 0.498 e. The molecule has 0 spiro atoms. The molecule has 0 heterocycles. The molecule has 39 heavy (non-hydrogen) atoms. The summed E-state index contributed by atoms with van der Waals surface area (Å²) in [6.45, 7) is 3.83. The normalized spacial score (nSPS) is 14.8. The second kappa shape index (κ2) is 16.2. The van der Waals surface area contributed by atoms with E-state index in [2.05, 4.69) is 11.8 Å². The third-order valence-corrected chi connectivity index (χ3v) is 6.63. The van der Waals surface area contributed by atoms with Crippen LogP contribution in [0.15, 0.2) is 78.1 Å². The second-order valence-corrected chi connectivity index (χ2v) is 9.71. The summed E-state index contributed by atoms with van der Waals surface area (Å²) in [5, 5.41) is 9.29. The van der Waals surface area contributed by atoms with E-state index in [0.717, 1.165) is 17.7 Å². The predicted molar refractivity (Wildman–Crippen MR) is 154 cm³/mol. The fourth-order valence-electron chi connectivity index (χ4n) is 4.13. The zero-order valence-electron chi connectivity index (χ0n) is 21.1. The van der Waals surface area contributed by atoms with Gasteiger partial charge in [-0.25, -0.2) is 4.79 Å². The maximum atomic E-state index is 13.4. The lowest BCUT2D eigenvalue weighted by Crippen LogP contribution is -2.29. The number of ether oxygens (including phenoxy) is 1. The molecule has 0 saturated heterocycles. The minimum absolute atomic E-state index is 0. The van der Waals surface area contributed by atoms with Crippen LogP contribution in [0.5, 0.6) is 0 Å². The van der Waals surface area contributed by atoms with Crippen molar-refractivity contribution in [2.24, 2.45) is 0 Å². The molecule has 3 rings (SSSR count). The number of halogens is 7. The van der Waals surface area contributed by atoms with Crippen molar-refractivity contribution >= 4 is 54.0 Å². The van der Waals surface area contributed by atoms with Crippen LogP contribution in [0.2, 0.25) is 10.0 Å². The Kier molecular flexibility index (Phi) is 14.5. The molecule has 0 saturated carbocycles. The van der Waals surface area contributed by atoms with Crippen LogP contribution < -0.4 is 0 Å². The van der Waals surface area contributed by atoms with Crippen LogP contribution >= 0.6 is 48.0 Å². The summed E-state index contributed by atoms with van der Waals surface area (Å²) in [6.07, 6.45) is 2.87. The number of carboxylic acids is 1. The molecule has 0 radical (unpaired) electrons. The SMILES string of the molecule is CC(CN(CCCOC1=CC=CC(=CC(=O)O)C1)Cc1cccc(C(F)(F)F)c1Cl)c1ccc(Cl)cc1.Cl.Cl. The van der Waals surface area contributed by atoms with E-state index in [1.165, 1.54) is 6.07 Å². The first-order valence-electron chi connectivity index (χ1n) is 11.8. The fraction of sp³-hybridized carbons (Fsp3) is 0.321. The summed E-state index contributed by atoms with van der Waals surface area (Å²) >= 11 is 12.2. The van der Waals surface area contributed by atoms with Gasteiger partial charge in [-0.3, -0.25) is 4.90 Å². The molecule has 11 heteroatoms. The molecule has 2 aromatic carbocycles. The Morgan fingerprint density at radius 3 is 2.49 bits per heavy atom. The second-order valence-electron chi connectivity index (χ2n) is 8.89. The van der Waals surface area contributed by atoms with Gasteiger partial charge in [0.2, 0.25) is 0 Å². The van der Waals surface area contributed by atoms with Crippen LogP contribution in [0.1, 0.15) is 42.4 Å². The van der Waals surface area contributed by atoms with Crippen molar-refractivity contribution in [3.63, 3.8) is 0 Å². The van der Waals surface area contributed by atoms with E-state index in [-0.39, 0.29) is 42.3 Å². The van der Waals surface area contributed by atoms with Crippen LogP contribution in [0.25, 0.3) is 0 Å². The van der Waals surface area contributed by atoms with Crippen molar-refractivity contribution in [1.82, 2.24) is 4.90 Å². The molecule has 1 atom stereocenters. The molecule has 1 aliphatic carbocycles. The Labute approximate surface area is 248 Å². The number of hydrogen-bond acceptors (Lipinski definition) is 3. The van der Waals surface area contributed by atoms with Crippen LogP contribution in [0.3, 0.4) is 0 Å². The van der Waals surface area contributed by atoms with Crippen molar-refractivity contribution < 1.29 is 27.8 Å². The summed E-state index contributed by atoms with van der Waals surface area (Å²) in [7, 11) is 0. The van der Waals surface area contributed by atoms with Crippen molar-refractivity contribution in [2.75, 3.05) is 19.7 Å². The molecule has 214 valence electrons. The Bertz CT molecular complexity index is 1180. The molecule has 2 aromatic rings. The van der Waals surface area contributed by atoms with Gasteiger partial charge >= 0.3 is 12.1 Å². The molecule has 0 aliphatic heterocycles. The molecule has 0 aromatic heterocycles. The van der Waals surface area contributed by atoms with Gasteiger partial charge in [0.1, 0.15) is 5.76 Å². The quantitative estimate of drug-likeness (QED) is 0.200. The zero-order valence-corrected chi connectivity index (χ0v) is 24.2. The first-order valence-corrected chi connectivity index (χ1v) is 12.5. The van der Waals surface area contributed by atoms with Gasteiger partial charge in [-0.15, -0.1) is 24.8 Å². The Hall–Kier alpha value is -2.16. The summed E-state index contributed by atoms with van der Waals surface area (Å²) in [5.74, 6) is -0.255. The summed E-state index contributed by atoms with van der Waals surface area (Å²) < 4.78 is 46.0. The molecular formula is C28H30Cl4F3NO3. The predicted octanol–water partition coefficient (Wildman–Crippen LogP) is 8.72. The molecule has 1 aliphatic rings. The minimum atomic E-state index is -4.53. The first kappa shape index (κ1) is 34.9. The molecule has 1 N–H and O–H groups in total. The van der Waals surface area contributed by atoms with E-state index in [0.29, 0.717) is 54.5 Å². The highest BCUT2D eigenvalue weighted by atomic mass is 35.5. The first-order chi connectivity index (χ1) is 17.5. The smallest absolute Gasteiger partial charge is 0.417 e. The lowest BCUT2D eigenvalue weighted by Gasteiger charge is -2.27. The van der Waals surface area contributed by atoms with Gasteiger partial charge in [-0.05, 0) is 53.3 Å². The molecule has 0 fully saturated rings. The Morgan fingerprint density at radius 2 is 1.85 bits per heavy atom. The van der Waals surface area contributed by atoms with E-state index < -0.39 is 17.7 Å². The third kappa shape index (κ3) is 11.1. The molecule has 4 nitrogen and oxygen atoms in total. The van der Waals surface area contributed by atoms with Crippen LogP contribution in [0.4, 0.5) is 13.2 Å².